The molecule has 1 heterocycles. The fraction of sp³-hybridized carbons (Fsp3) is 0.600. The van der Waals surface area contributed by atoms with E-state index in [2.05, 4.69) is 17.6 Å². The van der Waals surface area contributed by atoms with E-state index in [1.54, 1.807) is 6.07 Å². The molecule has 0 saturated heterocycles. The van der Waals surface area contributed by atoms with Crippen LogP contribution in [0.4, 0.5) is 0 Å². The van der Waals surface area contributed by atoms with Gasteiger partial charge in [0.05, 0.1) is 11.4 Å². The number of nitrogens with one attached hydrogen (secondary N) is 2. The number of rotatable bonds is 4. The average molecular weight is 294 g/mol. The molecule has 20 heavy (non-hydrogen) atoms. The quantitative estimate of drug-likeness (QED) is 0.896. The average Bonchev–Trinajstić information content (AvgIpc) is 2.85. The lowest BCUT2D eigenvalue weighted by Crippen LogP contribution is -2.45. The summed E-state index contributed by atoms with van der Waals surface area (Å²) in [5.41, 5.74) is 0. The Bertz CT molecular complexity index is 484. The van der Waals surface area contributed by atoms with E-state index in [9.17, 15) is 9.59 Å². The van der Waals surface area contributed by atoms with Gasteiger partial charge in [0.15, 0.2) is 0 Å². The second-order valence-corrected chi connectivity index (χ2v) is 6.82. The molecule has 2 N–H and O–H groups in total. The first-order valence-electron chi connectivity index (χ1n) is 7.20. The van der Waals surface area contributed by atoms with Gasteiger partial charge in [-0.05, 0) is 37.8 Å². The maximum absolute atomic E-state index is 11.9. The molecule has 0 aromatic carbocycles. The molecule has 2 rings (SSSR count). The van der Waals surface area contributed by atoms with Crippen LogP contribution in [0.15, 0.2) is 12.1 Å². The summed E-state index contributed by atoms with van der Waals surface area (Å²) in [6.45, 7) is 4.19. The zero-order valence-electron chi connectivity index (χ0n) is 12.1. The number of carbonyl (C=O) groups excluding carboxylic acids is 2. The van der Waals surface area contributed by atoms with Crippen LogP contribution in [0.5, 0.6) is 0 Å². The minimum absolute atomic E-state index is 0.0546. The van der Waals surface area contributed by atoms with Crippen LogP contribution < -0.4 is 10.6 Å². The SMILES string of the molecule is Cc1ccc(C(=O)NCC(=O)N[C@H]2CCCC[C@@H]2C)s1. The highest BCUT2D eigenvalue weighted by molar-refractivity contribution is 7.13. The van der Waals surface area contributed by atoms with Crippen molar-refractivity contribution >= 4 is 23.2 Å². The van der Waals surface area contributed by atoms with Gasteiger partial charge in [-0.15, -0.1) is 11.3 Å². The van der Waals surface area contributed by atoms with Crippen molar-refractivity contribution in [3.05, 3.63) is 21.9 Å². The van der Waals surface area contributed by atoms with Crippen molar-refractivity contribution in [1.82, 2.24) is 10.6 Å². The number of carbonyl (C=O) groups is 2. The summed E-state index contributed by atoms with van der Waals surface area (Å²) in [6, 6.07) is 3.96. The van der Waals surface area contributed by atoms with Gasteiger partial charge in [0.1, 0.15) is 0 Å². The summed E-state index contributed by atoms with van der Waals surface area (Å²) in [6.07, 6.45) is 4.65. The van der Waals surface area contributed by atoms with Gasteiger partial charge in [0.2, 0.25) is 5.91 Å². The van der Waals surface area contributed by atoms with Crippen molar-refractivity contribution in [2.45, 2.75) is 45.6 Å². The van der Waals surface area contributed by atoms with E-state index in [1.165, 1.54) is 30.6 Å². The normalized spacial score (nSPS) is 22.3. The van der Waals surface area contributed by atoms with Crippen LogP contribution in [0.2, 0.25) is 0 Å². The van der Waals surface area contributed by atoms with E-state index < -0.39 is 0 Å². The Balaban J connectivity index is 1.76. The van der Waals surface area contributed by atoms with E-state index in [-0.39, 0.29) is 24.4 Å². The van der Waals surface area contributed by atoms with Gasteiger partial charge in [0.25, 0.3) is 5.91 Å². The Hall–Kier alpha value is -1.36. The molecule has 1 aromatic rings. The maximum atomic E-state index is 11.9. The molecule has 0 aliphatic heterocycles. The highest BCUT2D eigenvalue weighted by Gasteiger charge is 2.22. The molecule has 0 unspecified atom stereocenters. The summed E-state index contributed by atoms with van der Waals surface area (Å²) in [5.74, 6) is 0.267. The monoisotopic (exact) mass is 294 g/mol. The number of hydrogen-bond acceptors (Lipinski definition) is 3. The summed E-state index contributed by atoms with van der Waals surface area (Å²) in [7, 11) is 0. The van der Waals surface area contributed by atoms with Crippen molar-refractivity contribution < 1.29 is 9.59 Å². The van der Waals surface area contributed by atoms with Gasteiger partial charge in [-0.2, -0.15) is 0 Å². The molecule has 0 radical (unpaired) electrons. The molecule has 2 amide bonds. The van der Waals surface area contributed by atoms with Crippen LogP contribution in [-0.2, 0) is 4.79 Å². The first-order chi connectivity index (χ1) is 9.56. The summed E-state index contributed by atoms with van der Waals surface area (Å²) < 4.78 is 0. The van der Waals surface area contributed by atoms with Crippen LogP contribution in [0.3, 0.4) is 0 Å². The first kappa shape index (κ1) is 15.0. The molecule has 4 nitrogen and oxygen atoms in total. The topological polar surface area (TPSA) is 58.2 Å². The zero-order valence-corrected chi connectivity index (χ0v) is 12.9. The Labute approximate surface area is 124 Å². The molecule has 1 aliphatic rings. The van der Waals surface area contributed by atoms with E-state index in [1.807, 2.05) is 13.0 Å². The van der Waals surface area contributed by atoms with E-state index >= 15 is 0 Å². The molecular formula is C15H22N2O2S. The lowest BCUT2D eigenvalue weighted by Gasteiger charge is -2.29. The lowest BCUT2D eigenvalue weighted by molar-refractivity contribution is -0.121. The van der Waals surface area contributed by atoms with Gasteiger partial charge in [-0.25, -0.2) is 0 Å². The molecule has 0 bridgehead atoms. The van der Waals surface area contributed by atoms with Crippen LogP contribution in [0.25, 0.3) is 0 Å². The third-order valence-electron chi connectivity index (χ3n) is 3.83. The minimum Gasteiger partial charge on any atom is -0.352 e. The van der Waals surface area contributed by atoms with Gasteiger partial charge in [-0.1, -0.05) is 19.8 Å². The molecule has 1 fully saturated rings. The molecule has 2 atom stereocenters. The molecule has 110 valence electrons. The number of amides is 2. The Kier molecular flexibility index (Phi) is 5.17. The molecular weight excluding hydrogens is 272 g/mol. The van der Waals surface area contributed by atoms with E-state index in [0.717, 1.165) is 11.3 Å². The number of thiophene rings is 1. The third-order valence-corrected chi connectivity index (χ3v) is 4.83. The van der Waals surface area contributed by atoms with Crippen LogP contribution in [0.1, 0.15) is 47.2 Å². The lowest BCUT2D eigenvalue weighted by atomic mass is 9.86. The first-order valence-corrected chi connectivity index (χ1v) is 8.02. The van der Waals surface area contributed by atoms with E-state index in [4.69, 9.17) is 0 Å². The Morgan fingerprint density at radius 2 is 2.05 bits per heavy atom. The van der Waals surface area contributed by atoms with Gasteiger partial charge in [0, 0.05) is 10.9 Å². The predicted octanol–water partition coefficient (Wildman–Crippen LogP) is 2.48. The molecule has 1 saturated carbocycles. The highest BCUT2D eigenvalue weighted by Crippen LogP contribution is 2.23. The Morgan fingerprint density at radius 1 is 1.30 bits per heavy atom. The molecule has 0 spiro atoms. The fourth-order valence-electron chi connectivity index (χ4n) is 2.59. The maximum Gasteiger partial charge on any atom is 0.261 e. The third kappa shape index (κ3) is 4.07. The zero-order chi connectivity index (χ0) is 14.5. The van der Waals surface area contributed by atoms with Crippen molar-refractivity contribution in [1.29, 1.82) is 0 Å². The van der Waals surface area contributed by atoms with Gasteiger partial charge < -0.3 is 10.6 Å². The molecule has 5 heteroatoms. The second kappa shape index (κ2) is 6.88. The molecule has 1 aromatic heterocycles. The largest absolute Gasteiger partial charge is 0.352 e. The highest BCUT2D eigenvalue weighted by atomic mass is 32.1. The Morgan fingerprint density at radius 3 is 2.70 bits per heavy atom. The smallest absolute Gasteiger partial charge is 0.261 e. The van der Waals surface area contributed by atoms with Crippen molar-refractivity contribution in [2.24, 2.45) is 5.92 Å². The van der Waals surface area contributed by atoms with Crippen LogP contribution in [0, 0.1) is 12.8 Å². The predicted molar refractivity (Wildman–Crippen MR) is 81.0 cm³/mol. The number of aryl methyl sites for hydroxylation is 1. The van der Waals surface area contributed by atoms with Gasteiger partial charge >= 0.3 is 0 Å². The van der Waals surface area contributed by atoms with Crippen molar-refractivity contribution in [3.8, 4) is 0 Å². The summed E-state index contributed by atoms with van der Waals surface area (Å²) in [4.78, 5) is 25.5. The standard InChI is InChI=1S/C15H22N2O2S/c1-10-5-3-4-6-12(10)17-14(18)9-16-15(19)13-8-7-11(2)20-13/h7-8,10,12H,3-6,9H2,1-2H3,(H,16,19)(H,17,18)/t10-,12-/m0/s1. The minimum atomic E-state index is -0.171. The van der Waals surface area contributed by atoms with Crippen molar-refractivity contribution in [2.75, 3.05) is 6.54 Å². The van der Waals surface area contributed by atoms with Gasteiger partial charge in [-0.3, -0.25) is 9.59 Å². The fourth-order valence-corrected chi connectivity index (χ4v) is 3.38. The second-order valence-electron chi connectivity index (χ2n) is 5.53. The summed E-state index contributed by atoms with van der Waals surface area (Å²) >= 11 is 1.44. The molecule has 1 aliphatic carbocycles. The van der Waals surface area contributed by atoms with E-state index in [0.29, 0.717) is 10.8 Å². The number of hydrogen-bond donors (Lipinski definition) is 2. The van der Waals surface area contributed by atoms with Crippen molar-refractivity contribution in [3.63, 3.8) is 0 Å². The van der Waals surface area contributed by atoms with Crippen LogP contribution >= 0.6 is 11.3 Å². The van der Waals surface area contributed by atoms with Crippen LogP contribution in [-0.4, -0.2) is 24.4 Å². The summed E-state index contributed by atoms with van der Waals surface area (Å²) in [5, 5.41) is 5.71.